The molecule has 1 fully saturated rings. The van der Waals surface area contributed by atoms with Gasteiger partial charge in [-0.15, -0.1) is 0 Å². The van der Waals surface area contributed by atoms with Gasteiger partial charge >= 0.3 is 0 Å². The summed E-state index contributed by atoms with van der Waals surface area (Å²) in [5.74, 6) is 1.25. The number of anilines is 1. The molecular weight excluding hydrogens is 447 g/mol. The second-order valence-corrected chi connectivity index (χ2v) is 8.10. The average Bonchev–Trinajstić information content (AvgIpc) is 2.84. The summed E-state index contributed by atoms with van der Waals surface area (Å²) in [6.45, 7) is 5.18. The maximum absolute atomic E-state index is 13.4. The Hall–Kier alpha value is -3.39. The van der Waals surface area contributed by atoms with E-state index in [9.17, 15) is 9.18 Å². The van der Waals surface area contributed by atoms with Crippen LogP contribution in [-0.2, 0) is 11.3 Å². The molecule has 0 aliphatic carbocycles. The summed E-state index contributed by atoms with van der Waals surface area (Å²) in [4.78, 5) is 22.3. The van der Waals surface area contributed by atoms with E-state index in [1.807, 2.05) is 12.1 Å². The fraction of sp³-hybridized carbons (Fsp3) is 0.292. The zero-order valence-corrected chi connectivity index (χ0v) is 18.9. The summed E-state index contributed by atoms with van der Waals surface area (Å²) < 4.78 is 25.2. The first-order valence-corrected chi connectivity index (χ1v) is 10.9. The van der Waals surface area contributed by atoms with Crippen LogP contribution in [0.1, 0.15) is 18.4 Å². The monoisotopic (exact) mass is 470 g/mol. The van der Waals surface area contributed by atoms with Gasteiger partial charge in [0.15, 0.2) is 11.5 Å². The van der Waals surface area contributed by atoms with Crippen molar-refractivity contribution < 1.29 is 18.7 Å². The number of hydrogen-bond donors (Lipinski definition) is 1. The topological polar surface area (TPSA) is 76.6 Å². The maximum atomic E-state index is 13.4. The third-order valence-electron chi connectivity index (χ3n) is 5.59. The number of carbonyl (C=O) groups excluding carboxylic acids is 1. The Morgan fingerprint density at radius 1 is 1.27 bits per heavy atom. The number of fused-ring (bicyclic) bond motifs is 1. The highest BCUT2D eigenvalue weighted by atomic mass is 35.5. The molecule has 1 saturated heterocycles. The molecule has 1 N–H and O–H groups in total. The molecule has 172 valence electrons. The number of ether oxygens (including phenoxy) is 2. The van der Waals surface area contributed by atoms with Crippen molar-refractivity contribution in [2.75, 3.05) is 25.5 Å². The van der Waals surface area contributed by atoms with E-state index in [4.69, 9.17) is 21.1 Å². The highest BCUT2D eigenvalue weighted by molar-refractivity contribution is 6.30. The van der Waals surface area contributed by atoms with Crippen molar-refractivity contribution >= 4 is 34.2 Å². The highest BCUT2D eigenvalue weighted by Crippen LogP contribution is 2.35. The van der Waals surface area contributed by atoms with Gasteiger partial charge in [-0.1, -0.05) is 24.2 Å². The Labute approximate surface area is 196 Å². The van der Waals surface area contributed by atoms with Crippen LogP contribution in [0.25, 0.3) is 10.9 Å². The van der Waals surface area contributed by atoms with Crippen molar-refractivity contribution in [3.05, 3.63) is 65.7 Å². The first-order valence-electron chi connectivity index (χ1n) is 10.6. The second kappa shape index (κ2) is 10.0. The fourth-order valence-electron chi connectivity index (χ4n) is 3.79. The molecule has 9 heteroatoms. The summed E-state index contributed by atoms with van der Waals surface area (Å²) in [7, 11) is 1.58. The van der Waals surface area contributed by atoms with Crippen LogP contribution in [0.4, 0.5) is 10.2 Å². The number of nitrogens with one attached hydrogen (secondary N) is 1. The molecular formula is C24H24ClFN4O3. The minimum absolute atomic E-state index is 0.0485. The fourth-order valence-corrected chi connectivity index (χ4v) is 4.00. The van der Waals surface area contributed by atoms with Gasteiger partial charge in [-0.25, -0.2) is 14.4 Å². The third kappa shape index (κ3) is 5.17. The minimum atomic E-state index is -0.457. The van der Waals surface area contributed by atoms with E-state index in [-0.39, 0.29) is 17.0 Å². The van der Waals surface area contributed by atoms with Crippen molar-refractivity contribution in [3.63, 3.8) is 0 Å². The molecule has 0 atom stereocenters. The number of methoxy groups -OCH3 is 1. The van der Waals surface area contributed by atoms with E-state index in [1.165, 1.54) is 18.5 Å². The summed E-state index contributed by atoms with van der Waals surface area (Å²) in [5.41, 5.74) is 1.51. The molecule has 1 amide bonds. The number of rotatable bonds is 7. The van der Waals surface area contributed by atoms with Crippen LogP contribution in [0.15, 0.2) is 49.3 Å². The molecule has 1 aliphatic rings. The van der Waals surface area contributed by atoms with Crippen LogP contribution >= 0.6 is 11.6 Å². The van der Waals surface area contributed by atoms with E-state index in [2.05, 4.69) is 21.9 Å². The van der Waals surface area contributed by atoms with Crippen LogP contribution in [0, 0.1) is 5.82 Å². The Morgan fingerprint density at radius 2 is 2.06 bits per heavy atom. The number of amides is 1. The van der Waals surface area contributed by atoms with E-state index < -0.39 is 5.82 Å². The molecule has 0 unspecified atom stereocenters. The van der Waals surface area contributed by atoms with Gasteiger partial charge in [0.2, 0.25) is 5.91 Å². The lowest BCUT2D eigenvalue weighted by Crippen LogP contribution is -2.41. The summed E-state index contributed by atoms with van der Waals surface area (Å²) in [6, 6.07) is 8.24. The summed E-state index contributed by atoms with van der Waals surface area (Å²) >= 11 is 5.89. The lowest BCUT2D eigenvalue weighted by Gasteiger charge is -2.31. The third-order valence-corrected chi connectivity index (χ3v) is 5.88. The first kappa shape index (κ1) is 22.8. The number of hydrogen-bond acceptors (Lipinski definition) is 6. The number of halogens is 2. The van der Waals surface area contributed by atoms with Crippen LogP contribution in [-0.4, -0.2) is 47.1 Å². The molecule has 1 aliphatic heterocycles. The van der Waals surface area contributed by atoms with Gasteiger partial charge in [0.25, 0.3) is 0 Å². The molecule has 3 aromatic rings. The molecule has 0 radical (unpaired) electrons. The van der Waals surface area contributed by atoms with Crippen molar-refractivity contribution in [1.82, 2.24) is 14.9 Å². The van der Waals surface area contributed by atoms with Crippen LogP contribution in [0.2, 0.25) is 5.02 Å². The Kier molecular flexibility index (Phi) is 6.93. The molecule has 0 bridgehead atoms. The minimum Gasteiger partial charge on any atom is -0.493 e. The van der Waals surface area contributed by atoms with Crippen molar-refractivity contribution in [3.8, 4) is 11.5 Å². The molecule has 1 aromatic heterocycles. The molecule has 2 aromatic carbocycles. The normalized spacial score (nSPS) is 14.2. The van der Waals surface area contributed by atoms with Crippen LogP contribution in [0.3, 0.4) is 0 Å². The smallest absolute Gasteiger partial charge is 0.245 e. The van der Waals surface area contributed by atoms with Gasteiger partial charge in [0.05, 0.1) is 17.6 Å². The quantitative estimate of drug-likeness (QED) is 0.508. The van der Waals surface area contributed by atoms with E-state index in [0.717, 1.165) is 10.9 Å². The van der Waals surface area contributed by atoms with Crippen LogP contribution < -0.4 is 14.8 Å². The highest BCUT2D eigenvalue weighted by Gasteiger charge is 2.24. The Bertz CT molecular complexity index is 1180. The molecule has 4 rings (SSSR count). The molecule has 7 nitrogen and oxygen atoms in total. The number of nitrogens with zero attached hydrogens (tertiary/aromatic N) is 3. The average molecular weight is 471 g/mol. The summed E-state index contributed by atoms with van der Waals surface area (Å²) in [6.07, 6.45) is 4.18. The van der Waals surface area contributed by atoms with Gasteiger partial charge in [-0.05, 0) is 29.8 Å². The van der Waals surface area contributed by atoms with Crippen LogP contribution in [0.5, 0.6) is 11.5 Å². The molecule has 2 heterocycles. The van der Waals surface area contributed by atoms with Gasteiger partial charge in [0.1, 0.15) is 24.1 Å². The number of piperidine rings is 1. The molecule has 0 saturated carbocycles. The van der Waals surface area contributed by atoms with Gasteiger partial charge in [0, 0.05) is 43.9 Å². The van der Waals surface area contributed by atoms with E-state index >= 15 is 0 Å². The Morgan fingerprint density at radius 3 is 2.76 bits per heavy atom. The van der Waals surface area contributed by atoms with Crippen molar-refractivity contribution in [2.24, 2.45) is 0 Å². The van der Waals surface area contributed by atoms with Crippen molar-refractivity contribution in [2.45, 2.75) is 25.5 Å². The van der Waals surface area contributed by atoms with Gasteiger partial charge in [-0.3, -0.25) is 4.79 Å². The number of aromatic nitrogens is 2. The Balaban J connectivity index is 1.54. The van der Waals surface area contributed by atoms with Crippen molar-refractivity contribution in [1.29, 1.82) is 0 Å². The first-order chi connectivity index (χ1) is 16.0. The van der Waals surface area contributed by atoms with Gasteiger partial charge in [-0.2, -0.15) is 0 Å². The zero-order valence-electron chi connectivity index (χ0n) is 18.2. The maximum Gasteiger partial charge on any atom is 0.245 e. The predicted octanol–water partition coefficient (Wildman–Crippen LogP) is 4.60. The lowest BCUT2D eigenvalue weighted by molar-refractivity contribution is -0.127. The van der Waals surface area contributed by atoms with E-state index in [0.29, 0.717) is 55.3 Å². The standard InChI is InChI=1S/C24H24ClFN4O3/c1-3-23(31)30-8-6-16(7-9-30)33-22-11-17-20(12-21(22)32-2)28-14-29-24(17)27-13-15-4-5-19(26)18(25)10-15/h3-5,10-12,14,16H,1,6-9,13H2,2H3,(H,27,28,29). The SMILES string of the molecule is C=CC(=O)N1CCC(Oc2cc3c(NCc4ccc(F)c(Cl)c4)ncnc3cc2OC)CC1. The summed E-state index contributed by atoms with van der Waals surface area (Å²) in [5, 5.41) is 4.10. The number of carbonyl (C=O) groups is 1. The zero-order chi connectivity index (χ0) is 23.4. The largest absolute Gasteiger partial charge is 0.493 e. The lowest BCUT2D eigenvalue weighted by atomic mass is 10.1. The molecule has 0 spiro atoms. The van der Waals surface area contributed by atoms with E-state index in [1.54, 1.807) is 24.1 Å². The second-order valence-electron chi connectivity index (χ2n) is 7.69. The number of likely N-dealkylation sites (tertiary alicyclic amines) is 1. The number of benzene rings is 2. The molecule has 33 heavy (non-hydrogen) atoms. The van der Waals surface area contributed by atoms with Gasteiger partial charge < -0.3 is 19.7 Å². The predicted molar refractivity (Wildman–Crippen MR) is 125 cm³/mol.